The van der Waals surface area contributed by atoms with E-state index in [1.54, 1.807) is 24.1 Å². The van der Waals surface area contributed by atoms with Gasteiger partial charge in [-0.2, -0.15) is 5.10 Å². The fourth-order valence-electron chi connectivity index (χ4n) is 2.64. The van der Waals surface area contributed by atoms with Crippen molar-refractivity contribution in [2.75, 3.05) is 18.4 Å². The molecule has 0 aliphatic carbocycles. The minimum atomic E-state index is -0.139. The van der Waals surface area contributed by atoms with E-state index >= 15 is 0 Å². The molecule has 1 amide bonds. The summed E-state index contributed by atoms with van der Waals surface area (Å²) in [7, 11) is 1.80. The lowest BCUT2D eigenvalue weighted by atomic mass is 9.84. The summed E-state index contributed by atoms with van der Waals surface area (Å²) in [6.45, 7) is 4.91. The predicted octanol–water partition coefficient (Wildman–Crippen LogP) is 1.87. The van der Waals surface area contributed by atoms with Gasteiger partial charge < -0.3 is 10.6 Å². The number of amides is 1. The lowest BCUT2D eigenvalue weighted by Gasteiger charge is -2.25. The van der Waals surface area contributed by atoms with Crippen molar-refractivity contribution in [2.45, 2.75) is 19.3 Å². The predicted molar refractivity (Wildman–Crippen MR) is 97.3 cm³/mol. The normalized spacial score (nSPS) is 11.5. The molecule has 0 saturated carbocycles. The lowest BCUT2D eigenvalue weighted by Crippen LogP contribution is -2.39. The maximum absolute atomic E-state index is 12.2. The van der Waals surface area contributed by atoms with E-state index in [0.717, 1.165) is 0 Å². The molecule has 3 rings (SSSR count). The first-order chi connectivity index (χ1) is 12.0. The van der Waals surface area contributed by atoms with Crippen molar-refractivity contribution in [1.29, 1.82) is 0 Å². The van der Waals surface area contributed by atoms with Gasteiger partial charge in [0.15, 0.2) is 17.0 Å². The molecule has 0 bridgehead atoms. The standard InChI is InChI=1S/C18H22N6O/c1-18(2,13-7-5-4-6-8-13)12-22-14(25)11-21-16-15-17(24(3)23-16)20-10-9-19-15/h4-10H,11-12H2,1-3H3,(H,21,23)(H,22,25). The molecule has 0 fully saturated rings. The Morgan fingerprint density at radius 3 is 2.64 bits per heavy atom. The summed E-state index contributed by atoms with van der Waals surface area (Å²) in [5, 5.41) is 10.3. The first-order valence-electron chi connectivity index (χ1n) is 8.17. The Kier molecular flexibility index (Phi) is 4.65. The van der Waals surface area contributed by atoms with Crippen LogP contribution in [0.4, 0.5) is 5.82 Å². The third kappa shape index (κ3) is 3.76. The highest BCUT2D eigenvalue weighted by molar-refractivity contribution is 5.86. The van der Waals surface area contributed by atoms with Gasteiger partial charge in [0.2, 0.25) is 5.91 Å². The molecule has 2 N–H and O–H groups in total. The van der Waals surface area contributed by atoms with Crippen LogP contribution in [-0.2, 0) is 17.3 Å². The van der Waals surface area contributed by atoms with E-state index in [1.165, 1.54) is 5.56 Å². The van der Waals surface area contributed by atoms with Crippen LogP contribution < -0.4 is 10.6 Å². The molecule has 7 nitrogen and oxygen atoms in total. The van der Waals surface area contributed by atoms with Crippen molar-refractivity contribution in [2.24, 2.45) is 7.05 Å². The number of nitrogens with zero attached hydrogens (tertiary/aromatic N) is 4. The Labute approximate surface area is 146 Å². The molecule has 0 saturated heterocycles. The van der Waals surface area contributed by atoms with Crippen molar-refractivity contribution in [3.63, 3.8) is 0 Å². The largest absolute Gasteiger partial charge is 0.358 e. The van der Waals surface area contributed by atoms with Crippen molar-refractivity contribution < 1.29 is 4.79 Å². The molecule has 0 aliphatic heterocycles. The van der Waals surface area contributed by atoms with Gasteiger partial charge in [0.05, 0.1) is 6.54 Å². The van der Waals surface area contributed by atoms with Crippen LogP contribution in [0.1, 0.15) is 19.4 Å². The second-order valence-corrected chi connectivity index (χ2v) is 6.58. The number of carbonyl (C=O) groups is 1. The van der Waals surface area contributed by atoms with Gasteiger partial charge >= 0.3 is 0 Å². The summed E-state index contributed by atoms with van der Waals surface area (Å²) in [4.78, 5) is 20.7. The second-order valence-electron chi connectivity index (χ2n) is 6.58. The quantitative estimate of drug-likeness (QED) is 0.717. The van der Waals surface area contributed by atoms with Gasteiger partial charge in [-0.25, -0.2) is 14.6 Å². The van der Waals surface area contributed by atoms with Crippen LogP contribution in [0.3, 0.4) is 0 Å². The highest BCUT2D eigenvalue weighted by Gasteiger charge is 2.21. The van der Waals surface area contributed by atoms with Gasteiger partial charge in [-0.1, -0.05) is 44.2 Å². The van der Waals surface area contributed by atoms with Gasteiger partial charge in [-0.05, 0) is 5.56 Å². The molecule has 1 aromatic carbocycles. The first-order valence-corrected chi connectivity index (χ1v) is 8.17. The number of carbonyl (C=O) groups excluding carboxylic acids is 1. The van der Waals surface area contributed by atoms with E-state index in [0.29, 0.717) is 23.5 Å². The fraction of sp³-hybridized carbons (Fsp3) is 0.333. The van der Waals surface area contributed by atoms with Crippen molar-refractivity contribution >= 4 is 22.9 Å². The molecule has 0 unspecified atom stereocenters. The van der Waals surface area contributed by atoms with Crippen LogP contribution in [-0.4, -0.2) is 38.7 Å². The van der Waals surface area contributed by atoms with E-state index in [9.17, 15) is 4.79 Å². The highest BCUT2D eigenvalue weighted by atomic mass is 16.1. The zero-order valence-electron chi connectivity index (χ0n) is 14.7. The van der Waals surface area contributed by atoms with Crippen molar-refractivity contribution in [3.05, 3.63) is 48.3 Å². The van der Waals surface area contributed by atoms with Crippen LogP contribution in [0.5, 0.6) is 0 Å². The minimum Gasteiger partial charge on any atom is -0.358 e. The number of anilines is 1. The van der Waals surface area contributed by atoms with Crippen LogP contribution in [0.25, 0.3) is 11.2 Å². The number of fused-ring (bicyclic) bond motifs is 1. The molecule has 0 atom stereocenters. The Hall–Kier alpha value is -2.96. The Balaban J connectivity index is 1.58. The average Bonchev–Trinajstić information content (AvgIpc) is 2.95. The summed E-state index contributed by atoms with van der Waals surface area (Å²) in [6.07, 6.45) is 3.23. The van der Waals surface area contributed by atoms with Gasteiger partial charge in [0.25, 0.3) is 0 Å². The first kappa shape index (κ1) is 16.9. The molecular formula is C18H22N6O. The molecule has 0 radical (unpaired) electrons. The molecule has 2 aromatic heterocycles. The minimum absolute atomic E-state index is 0.0910. The Morgan fingerprint density at radius 1 is 1.16 bits per heavy atom. The van der Waals surface area contributed by atoms with Crippen molar-refractivity contribution in [3.8, 4) is 0 Å². The van der Waals surface area contributed by atoms with E-state index in [1.807, 2.05) is 18.2 Å². The topological polar surface area (TPSA) is 84.7 Å². The van der Waals surface area contributed by atoms with Gasteiger partial charge in [-0.3, -0.25) is 4.79 Å². The molecule has 0 aliphatic rings. The van der Waals surface area contributed by atoms with Crippen LogP contribution >= 0.6 is 0 Å². The number of aromatic nitrogens is 4. The fourth-order valence-corrected chi connectivity index (χ4v) is 2.64. The number of benzene rings is 1. The third-order valence-corrected chi connectivity index (χ3v) is 4.16. The molecule has 3 aromatic rings. The summed E-state index contributed by atoms with van der Waals surface area (Å²) in [5.41, 5.74) is 2.38. The molecule has 2 heterocycles. The molecule has 130 valence electrons. The lowest BCUT2D eigenvalue weighted by molar-refractivity contribution is -0.119. The van der Waals surface area contributed by atoms with Crippen LogP contribution in [0.15, 0.2) is 42.7 Å². The number of hydrogen-bond acceptors (Lipinski definition) is 5. The Bertz CT molecular complexity index is 872. The molecule has 0 spiro atoms. The Morgan fingerprint density at radius 2 is 1.88 bits per heavy atom. The molecule has 7 heteroatoms. The summed E-state index contributed by atoms with van der Waals surface area (Å²) in [5.74, 6) is 0.467. The van der Waals surface area contributed by atoms with E-state index in [-0.39, 0.29) is 17.9 Å². The van der Waals surface area contributed by atoms with Gasteiger partial charge in [-0.15, -0.1) is 0 Å². The maximum Gasteiger partial charge on any atom is 0.239 e. The van der Waals surface area contributed by atoms with Gasteiger partial charge in [0.1, 0.15) is 0 Å². The van der Waals surface area contributed by atoms with Crippen LogP contribution in [0, 0.1) is 0 Å². The number of aryl methyl sites for hydroxylation is 1. The van der Waals surface area contributed by atoms with Gasteiger partial charge in [0, 0.05) is 31.4 Å². The van der Waals surface area contributed by atoms with E-state index < -0.39 is 0 Å². The van der Waals surface area contributed by atoms with E-state index in [2.05, 4.69) is 51.7 Å². The zero-order chi connectivity index (χ0) is 17.9. The monoisotopic (exact) mass is 338 g/mol. The summed E-state index contributed by atoms with van der Waals surface area (Å²) in [6, 6.07) is 10.1. The maximum atomic E-state index is 12.2. The summed E-state index contributed by atoms with van der Waals surface area (Å²) >= 11 is 0. The SMILES string of the molecule is Cn1nc(NCC(=O)NCC(C)(C)c2ccccc2)c2nccnc21. The second kappa shape index (κ2) is 6.88. The van der Waals surface area contributed by atoms with Crippen molar-refractivity contribution in [1.82, 2.24) is 25.1 Å². The number of nitrogens with one attached hydrogen (secondary N) is 2. The highest BCUT2D eigenvalue weighted by Crippen LogP contribution is 2.21. The zero-order valence-corrected chi connectivity index (χ0v) is 14.7. The molecule has 25 heavy (non-hydrogen) atoms. The van der Waals surface area contributed by atoms with Crippen LogP contribution in [0.2, 0.25) is 0 Å². The van der Waals surface area contributed by atoms with E-state index in [4.69, 9.17) is 0 Å². The smallest absolute Gasteiger partial charge is 0.239 e. The number of hydrogen-bond donors (Lipinski definition) is 2. The third-order valence-electron chi connectivity index (χ3n) is 4.16. The molecular weight excluding hydrogens is 316 g/mol. The summed E-state index contributed by atoms with van der Waals surface area (Å²) < 4.78 is 1.64. The average molecular weight is 338 g/mol. The number of rotatable bonds is 6.